The Labute approximate surface area is 152 Å². The number of aromatic amines is 1. The van der Waals surface area contributed by atoms with Gasteiger partial charge in [-0.2, -0.15) is 0 Å². The second kappa shape index (κ2) is 5.79. The number of imidazole rings is 1. The van der Waals surface area contributed by atoms with Gasteiger partial charge in [-0.1, -0.05) is 6.07 Å². The van der Waals surface area contributed by atoms with Crippen molar-refractivity contribution in [2.75, 3.05) is 18.0 Å². The van der Waals surface area contributed by atoms with Gasteiger partial charge in [0.25, 0.3) is 0 Å². The Bertz CT molecular complexity index is 894. The maximum atomic E-state index is 12.6. The number of hydrogen-bond donors (Lipinski definition) is 1. The van der Waals surface area contributed by atoms with Crippen LogP contribution >= 0.6 is 0 Å². The summed E-state index contributed by atoms with van der Waals surface area (Å²) in [4.78, 5) is 31.8. The molecule has 7 heteroatoms. The fraction of sp³-hybridized carbons (Fsp3) is 0.579. The van der Waals surface area contributed by atoms with Crippen LogP contribution in [-0.2, 0) is 11.8 Å². The summed E-state index contributed by atoms with van der Waals surface area (Å²) >= 11 is 0. The Morgan fingerprint density at radius 1 is 1.19 bits per heavy atom. The van der Waals surface area contributed by atoms with Crippen molar-refractivity contribution in [3.05, 3.63) is 28.7 Å². The van der Waals surface area contributed by atoms with Crippen LogP contribution in [0.2, 0.25) is 0 Å². The number of para-hydroxylation sites is 1. The number of rotatable bonds is 1. The largest absolute Gasteiger partial charge is 0.444 e. The summed E-state index contributed by atoms with van der Waals surface area (Å²) in [7, 11) is 1.79. The molecule has 7 nitrogen and oxygen atoms in total. The number of ether oxygens (including phenoxy) is 1. The Hall–Kier alpha value is -2.44. The van der Waals surface area contributed by atoms with Crippen molar-refractivity contribution in [1.82, 2.24) is 14.5 Å². The Balaban J connectivity index is 1.62. The summed E-state index contributed by atoms with van der Waals surface area (Å²) in [6.45, 7) is 7.21. The molecule has 4 rings (SSSR count). The van der Waals surface area contributed by atoms with Crippen LogP contribution in [0.25, 0.3) is 11.0 Å². The molecule has 2 aliphatic heterocycles. The van der Waals surface area contributed by atoms with Crippen molar-refractivity contribution in [3.8, 4) is 0 Å². The molecule has 1 aromatic carbocycles. The van der Waals surface area contributed by atoms with Gasteiger partial charge in [-0.05, 0) is 45.7 Å². The monoisotopic (exact) mass is 358 g/mol. The van der Waals surface area contributed by atoms with Gasteiger partial charge < -0.3 is 14.6 Å². The molecule has 0 spiro atoms. The molecule has 0 radical (unpaired) electrons. The van der Waals surface area contributed by atoms with E-state index in [1.807, 2.05) is 37.8 Å². The van der Waals surface area contributed by atoms with E-state index in [0.717, 1.165) is 42.7 Å². The van der Waals surface area contributed by atoms with E-state index in [-0.39, 0.29) is 23.9 Å². The molecule has 1 amide bonds. The quantitative estimate of drug-likeness (QED) is 0.850. The van der Waals surface area contributed by atoms with Crippen molar-refractivity contribution in [3.63, 3.8) is 0 Å². The van der Waals surface area contributed by atoms with Gasteiger partial charge in [0, 0.05) is 20.1 Å². The minimum Gasteiger partial charge on any atom is -0.444 e. The van der Waals surface area contributed by atoms with E-state index in [1.54, 1.807) is 11.6 Å². The number of carbonyl (C=O) groups is 1. The first-order valence-corrected chi connectivity index (χ1v) is 9.18. The van der Waals surface area contributed by atoms with Gasteiger partial charge in [0.1, 0.15) is 5.60 Å². The maximum Gasteiger partial charge on any atom is 0.410 e. The molecule has 0 saturated carbocycles. The van der Waals surface area contributed by atoms with E-state index >= 15 is 0 Å². The van der Waals surface area contributed by atoms with Gasteiger partial charge in [0.2, 0.25) is 0 Å². The number of aromatic nitrogens is 2. The zero-order valence-corrected chi connectivity index (χ0v) is 15.8. The summed E-state index contributed by atoms with van der Waals surface area (Å²) < 4.78 is 7.27. The molecule has 2 bridgehead atoms. The van der Waals surface area contributed by atoms with Crippen LogP contribution in [0.1, 0.15) is 33.6 Å². The number of hydrogen-bond acceptors (Lipinski definition) is 4. The second-order valence-corrected chi connectivity index (χ2v) is 8.34. The SMILES string of the molecule is Cn1c(=O)[nH]c2cccc(N3CC4CCC(C3)N4C(=O)OC(C)(C)C)c21. The van der Waals surface area contributed by atoms with Crippen LogP contribution in [0.5, 0.6) is 0 Å². The first-order chi connectivity index (χ1) is 12.2. The number of H-pyrrole nitrogens is 1. The van der Waals surface area contributed by atoms with Crippen molar-refractivity contribution < 1.29 is 9.53 Å². The van der Waals surface area contributed by atoms with E-state index in [2.05, 4.69) is 16.0 Å². The standard InChI is InChI=1S/C19H26N4O3/c1-19(2,3)26-18(25)23-12-8-9-13(23)11-22(10-12)15-7-5-6-14-16(15)21(4)17(24)20-14/h5-7,12-13H,8-11H2,1-4H3,(H,20,24). The van der Waals surface area contributed by atoms with E-state index in [9.17, 15) is 9.59 Å². The molecule has 140 valence electrons. The van der Waals surface area contributed by atoms with Gasteiger partial charge in [-0.25, -0.2) is 9.59 Å². The van der Waals surface area contributed by atoms with Crippen LogP contribution in [0.15, 0.2) is 23.0 Å². The fourth-order valence-corrected chi connectivity index (χ4v) is 4.25. The van der Waals surface area contributed by atoms with Crippen LogP contribution in [0.3, 0.4) is 0 Å². The summed E-state index contributed by atoms with van der Waals surface area (Å²) in [5.74, 6) is 0. The highest BCUT2D eigenvalue weighted by atomic mass is 16.6. The average Bonchev–Trinajstić information content (AvgIpc) is 2.99. The topological polar surface area (TPSA) is 70.6 Å². The number of anilines is 1. The Morgan fingerprint density at radius 2 is 1.85 bits per heavy atom. The minimum atomic E-state index is -0.483. The van der Waals surface area contributed by atoms with Crippen molar-refractivity contribution in [2.45, 2.75) is 51.3 Å². The van der Waals surface area contributed by atoms with E-state index in [4.69, 9.17) is 4.74 Å². The Kier molecular flexibility index (Phi) is 3.78. The predicted octanol–water partition coefficient (Wildman–Crippen LogP) is 2.45. The van der Waals surface area contributed by atoms with Gasteiger partial charge in [-0.3, -0.25) is 9.47 Å². The lowest BCUT2D eigenvalue weighted by molar-refractivity contribution is 0.0123. The summed E-state index contributed by atoms with van der Waals surface area (Å²) in [6.07, 6.45) is 1.77. The third-order valence-electron chi connectivity index (χ3n) is 5.32. The number of piperazine rings is 1. The molecule has 2 saturated heterocycles. The average molecular weight is 358 g/mol. The second-order valence-electron chi connectivity index (χ2n) is 8.34. The third kappa shape index (κ3) is 2.75. The fourth-order valence-electron chi connectivity index (χ4n) is 4.25. The number of aryl methyl sites for hydroxylation is 1. The molecule has 0 aliphatic carbocycles. The highest BCUT2D eigenvalue weighted by Gasteiger charge is 2.44. The molecule has 3 heterocycles. The molecule has 2 unspecified atom stereocenters. The lowest BCUT2D eigenvalue weighted by atomic mass is 10.1. The first kappa shape index (κ1) is 17.0. The first-order valence-electron chi connectivity index (χ1n) is 9.18. The molecule has 1 N–H and O–H groups in total. The minimum absolute atomic E-state index is 0.109. The van der Waals surface area contributed by atoms with Crippen LogP contribution in [-0.4, -0.2) is 51.3 Å². The third-order valence-corrected chi connectivity index (χ3v) is 5.32. The van der Waals surface area contributed by atoms with Gasteiger partial charge in [-0.15, -0.1) is 0 Å². The molecule has 2 aliphatic rings. The van der Waals surface area contributed by atoms with Gasteiger partial charge in [0.15, 0.2) is 0 Å². The highest BCUT2D eigenvalue weighted by Crippen LogP contribution is 2.35. The lowest BCUT2D eigenvalue weighted by Crippen LogP contribution is -2.56. The van der Waals surface area contributed by atoms with Crippen molar-refractivity contribution in [2.24, 2.45) is 7.05 Å². The number of nitrogens with one attached hydrogen (secondary N) is 1. The summed E-state index contributed by atoms with van der Waals surface area (Å²) in [5.41, 5.74) is 2.22. The maximum absolute atomic E-state index is 12.6. The van der Waals surface area contributed by atoms with E-state index in [1.165, 1.54) is 0 Å². The lowest BCUT2D eigenvalue weighted by Gasteiger charge is -2.42. The zero-order chi connectivity index (χ0) is 18.6. The zero-order valence-electron chi connectivity index (χ0n) is 15.8. The molecule has 26 heavy (non-hydrogen) atoms. The van der Waals surface area contributed by atoms with Crippen LogP contribution in [0, 0.1) is 0 Å². The van der Waals surface area contributed by atoms with E-state index in [0.29, 0.717) is 0 Å². The van der Waals surface area contributed by atoms with Gasteiger partial charge >= 0.3 is 11.8 Å². The van der Waals surface area contributed by atoms with Crippen molar-refractivity contribution in [1.29, 1.82) is 0 Å². The number of carbonyl (C=O) groups excluding carboxylic acids is 1. The summed E-state index contributed by atoms with van der Waals surface area (Å²) in [6, 6.07) is 6.24. The van der Waals surface area contributed by atoms with Crippen molar-refractivity contribution >= 4 is 22.8 Å². The summed E-state index contributed by atoms with van der Waals surface area (Å²) in [5, 5.41) is 0. The number of nitrogens with zero attached hydrogens (tertiary/aromatic N) is 3. The molecule has 1 aromatic heterocycles. The van der Waals surface area contributed by atoms with Crippen LogP contribution in [0.4, 0.5) is 10.5 Å². The number of fused-ring (bicyclic) bond motifs is 3. The Morgan fingerprint density at radius 3 is 2.46 bits per heavy atom. The molecule has 2 fully saturated rings. The predicted molar refractivity (Wildman–Crippen MR) is 101 cm³/mol. The highest BCUT2D eigenvalue weighted by molar-refractivity contribution is 5.89. The number of benzene rings is 1. The van der Waals surface area contributed by atoms with Crippen LogP contribution < -0.4 is 10.6 Å². The molecular formula is C19H26N4O3. The number of amides is 1. The van der Waals surface area contributed by atoms with E-state index < -0.39 is 5.60 Å². The molecule has 2 aromatic rings. The molecule has 2 atom stereocenters. The normalized spacial score (nSPS) is 22.9. The smallest absolute Gasteiger partial charge is 0.410 e. The molecular weight excluding hydrogens is 332 g/mol. The van der Waals surface area contributed by atoms with Gasteiger partial charge in [0.05, 0.1) is 28.8 Å².